The lowest BCUT2D eigenvalue weighted by Gasteiger charge is -2.04. The SMILES string of the molecule is COCCc1c(-c2ccccc2)c[nH]c1C=O. The molecular formula is C14H15NO2. The third kappa shape index (κ3) is 2.45. The highest BCUT2D eigenvalue weighted by Gasteiger charge is 2.11. The molecule has 0 aliphatic rings. The van der Waals surface area contributed by atoms with Crippen molar-refractivity contribution in [3.63, 3.8) is 0 Å². The molecule has 0 spiro atoms. The van der Waals surface area contributed by atoms with Crippen molar-refractivity contribution in [2.24, 2.45) is 0 Å². The lowest BCUT2D eigenvalue weighted by Crippen LogP contribution is -1.98. The molecule has 88 valence electrons. The number of ether oxygens (including phenoxy) is 1. The third-order valence-corrected chi connectivity index (χ3v) is 2.78. The van der Waals surface area contributed by atoms with Crippen molar-refractivity contribution in [2.75, 3.05) is 13.7 Å². The van der Waals surface area contributed by atoms with Crippen LogP contribution in [0.25, 0.3) is 11.1 Å². The number of nitrogens with one attached hydrogen (secondary N) is 1. The van der Waals surface area contributed by atoms with Crippen molar-refractivity contribution in [3.05, 3.63) is 47.8 Å². The zero-order valence-electron chi connectivity index (χ0n) is 9.77. The van der Waals surface area contributed by atoms with Crippen LogP contribution in [0.2, 0.25) is 0 Å². The Balaban J connectivity index is 2.40. The molecule has 0 unspecified atom stereocenters. The van der Waals surface area contributed by atoms with Crippen LogP contribution in [0.1, 0.15) is 16.1 Å². The number of aromatic nitrogens is 1. The fourth-order valence-corrected chi connectivity index (χ4v) is 1.92. The summed E-state index contributed by atoms with van der Waals surface area (Å²) in [7, 11) is 1.66. The molecule has 17 heavy (non-hydrogen) atoms. The van der Waals surface area contributed by atoms with E-state index in [1.165, 1.54) is 0 Å². The summed E-state index contributed by atoms with van der Waals surface area (Å²) in [6, 6.07) is 10.0. The van der Waals surface area contributed by atoms with Crippen molar-refractivity contribution in [1.82, 2.24) is 4.98 Å². The van der Waals surface area contributed by atoms with E-state index in [4.69, 9.17) is 4.74 Å². The van der Waals surface area contributed by atoms with E-state index < -0.39 is 0 Å². The maximum atomic E-state index is 11.0. The van der Waals surface area contributed by atoms with Gasteiger partial charge in [-0.3, -0.25) is 4.79 Å². The van der Waals surface area contributed by atoms with Gasteiger partial charge >= 0.3 is 0 Å². The molecule has 0 saturated heterocycles. The van der Waals surface area contributed by atoms with Gasteiger partial charge in [0.2, 0.25) is 0 Å². The smallest absolute Gasteiger partial charge is 0.166 e. The molecule has 0 aliphatic heterocycles. The van der Waals surface area contributed by atoms with Gasteiger partial charge in [-0.1, -0.05) is 30.3 Å². The number of carbonyl (C=O) groups is 1. The zero-order valence-corrected chi connectivity index (χ0v) is 9.77. The molecule has 0 radical (unpaired) electrons. The van der Waals surface area contributed by atoms with Crippen molar-refractivity contribution in [3.8, 4) is 11.1 Å². The zero-order chi connectivity index (χ0) is 12.1. The molecular weight excluding hydrogens is 214 g/mol. The van der Waals surface area contributed by atoms with E-state index in [2.05, 4.69) is 4.98 Å². The lowest BCUT2D eigenvalue weighted by atomic mass is 10.0. The molecule has 2 rings (SSSR count). The van der Waals surface area contributed by atoms with Crippen LogP contribution in [0.3, 0.4) is 0 Å². The van der Waals surface area contributed by atoms with Gasteiger partial charge in [0.15, 0.2) is 6.29 Å². The second kappa shape index (κ2) is 5.46. The van der Waals surface area contributed by atoms with E-state index in [0.29, 0.717) is 12.3 Å². The fourth-order valence-electron chi connectivity index (χ4n) is 1.92. The Bertz CT molecular complexity index is 488. The van der Waals surface area contributed by atoms with Gasteiger partial charge in [-0.15, -0.1) is 0 Å². The Labute approximate surface area is 100 Å². The standard InChI is InChI=1S/C14H15NO2/c1-17-8-7-12-13(9-15-14(12)10-16)11-5-3-2-4-6-11/h2-6,9-10,15H,7-8H2,1H3. The highest BCUT2D eigenvalue weighted by atomic mass is 16.5. The maximum Gasteiger partial charge on any atom is 0.166 e. The van der Waals surface area contributed by atoms with Gasteiger partial charge in [-0.05, 0) is 17.5 Å². The summed E-state index contributed by atoms with van der Waals surface area (Å²) >= 11 is 0. The summed E-state index contributed by atoms with van der Waals surface area (Å²) in [6.45, 7) is 0.610. The van der Waals surface area contributed by atoms with E-state index in [-0.39, 0.29) is 0 Å². The average Bonchev–Trinajstić information content (AvgIpc) is 2.80. The predicted molar refractivity (Wildman–Crippen MR) is 67.2 cm³/mol. The van der Waals surface area contributed by atoms with E-state index in [0.717, 1.165) is 29.4 Å². The molecule has 2 aromatic rings. The van der Waals surface area contributed by atoms with E-state index in [1.807, 2.05) is 36.5 Å². The molecule has 0 amide bonds. The minimum Gasteiger partial charge on any atom is -0.384 e. The van der Waals surface area contributed by atoms with Crippen LogP contribution in [-0.2, 0) is 11.2 Å². The lowest BCUT2D eigenvalue weighted by molar-refractivity contribution is 0.111. The monoisotopic (exact) mass is 229 g/mol. The minimum absolute atomic E-state index is 0.610. The van der Waals surface area contributed by atoms with E-state index in [9.17, 15) is 4.79 Å². The number of carbonyl (C=O) groups excluding carboxylic acids is 1. The highest BCUT2D eigenvalue weighted by molar-refractivity contribution is 5.81. The summed E-state index contributed by atoms with van der Waals surface area (Å²) < 4.78 is 5.08. The summed E-state index contributed by atoms with van der Waals surface area (Å²) in [5.41, 5.74) is 3.85. The van der Waals surface area contributed by atoms with Gasteiger partial charge in [-0.25, -0.2) is 0 Å². The van der Waals surface area contributed by atoms with Crippen molar-refractivity contribution in [1.29, 1.82) is 0 Å². The van der Waals surface area contributed by atoms with Crippen molar-refractivity contribution < 1.29 is 9.53 Å². The molecule has 1 aromatic carbocycles. The summed E-state index contributed by atoms with van der Waals surface area (Å²) in [6.07, 6.45) is 3.47. The summed E-state index contributed by atoms with van der Waals surface area (Å²) in [4.78, 5) is 14.0. The molecule has 3 heteroatoms. The minimum atomic E-state index is 0.610. The fraction of sp³-hybridized carbons (Fsp3) is 0.214. The number of methoxy groups -OCH3 is 1. The predicted octanol–water partition coefficient (Wildman–Crippen LogP) is 2.68. The van der Waals surface area contributed by atoms with Crippen LogP contribution >= 0.6 is 0 Å². The van der Waals surface area contributed by atoms with Crippen LogP contribution in [0.15, 0.2) is 36.5 Å². The Hall–Kier alpha value is -1.87. The van der Waals surface area contributed by atoms with Gasteiger partial charge < -0.3 is 9.72 Å². The van der Waals surface area contributed by atoms with Crippen molar-refractivity contribution in [2.45, 2.75) is 6.42 Å². The molecule has 0 bridgehead atoms. The quantitative estimate of drug-likeness (QED) is 0.801. The topological polar surface area (TPSA) is 42.1 Å². The van der Waals surface area contributed by atoms with Crippen molar-refractivity contribution >= 4 is 6.29 Å². The van der Waals surface area contributed by atoms with Gasteiger partial charge in [-0.2, -0.15) is 0 Å². The third-order valence-electron chi connectivity index (χ3n) is 2.78. The molecule has 1 aromatic heterocycles. The average molecular weight is 229 g/mol. The summed E-state index contributed by atoms with van der Waals surface area (Å²) in [5, 5.41) is 0. The Kier molecular flexibility index (Phi) is 3.73. The Morgan fingerprint density at radius 2 is 2.06 bits per heavy atom. The normalized spacial score (nSPS) is 10.4. The van der Waals surface area contributed by atoms with Crippen LogP contribution < -0.4 is 0 Å². The first-order chi connectivity index (χ1) is 8.36. The molecule has 0 saturated carbocycles. The Morgan fingerprint density at radius 1 is 1.29 bits per heavy atom. The molecule has 1 heterocycles. The first-order valence-corrected chi connectivity index (χ1v) is 5.56. The molecule has 0 fully saturated rings. The van der Waals surface area contributed by atoms with Gasteiger partial charge in [0.25, 0.3) is 0 Å². The van der Waals surface area contributed by atoms with Gasteiger partial charge in [0.1, 0.15) is 0 Å². The first kappa shape index (κ1) is 11.6. The summed E-state index contributed by atoms with van der Waals surface area (Å²) in [5.74, 6) is 0. The van der Waals surface area contributed by atoms with Crippen LogP contribution in [0, 0.1) is 0 Å². The van der Waals surface area contributed by atoms with E-state index >= 15 is 0 Å². The number of hydrogen-bond donors (Lipinski definition) is 1. The van der Waals surface area contributed by atoms with Crippen LogP contribution in [-0.4, -0.2) is 25.0 Å². The number of hydrogen-bond acceptors (Lipinski definition) is 2. The number of H-pyrrole nitrogens is 1. The van der Waals surface area contributed by atoms with Gasteiger partial charge in [0, 0.05) is 18.9 Å². The number of rotatable bonds is 5. The Morgan fingerprint density at radius 3 is 2.71 bits per heavy atom. The number of benzene rings is 1. The largest absolute Gasteiger partial charge is 0.384 e. The van der Waals surface area contributed by atoms with Crippen LogP contribution in [0.5, 0.6) is 0 Å². The van der Waals surface area contributed by atoms with Gasteiger partial charge in [0.05, 0.1) is 12.3 Å². The molecule has 0 aliphatic carbocycles. The molecule has 0 atom stereocenters. The number of aromatic amines is 1. The second-order valence-electron chi connectivity index (χ2n) is 3.82. The van der Waals surface area contributed by atoms with Crippen LogP contribution in [0.4, 0.5) is 0 Å². The number of aldehydes is 1. The van der Waals surface area contributed by atoms with E-state index in [1.54, 1.807) is 7.11 Å². The molecule has 1 N–H and O–H groups in total. The second-order valence-corrected chi connectivity index (χ2v) is 3.82. The molecule has 3 nitrogen and oxygen atoms in total. The maximum absolute atomic E-state index is 11.0. The first-order valence-electron chi connectivity index (χ1n) is 5.56. The highest BCUT2D eigenvalue weighted by Crippen LogP contribution is 2.25.